The smallest absolute Gasteiger partial charge is 0.297 e. The molecule has 2 aromatic rings. The molecular weight excluding hydrogens is 311 g/mol. The molecule has 0 atom stereocenters. The van der Waals surface area contributed by atoms with E-state index in [1.54, 1.807) is 18.2 Å². The third kappa shape index (κ3) is 2.86. The van der Waals surface area contributed by atoms with Gasteiger partial charge in [0.15, 0.2) is 5.15 Å². The van der Waals surface area contributed by atoms with Gasteiger partial charge in [0, 0.05) is 0 Å². The van der Waals surface area contributed by atoms with Gasteiger partial charge in [0.2, 0.25) is 5.75 Å². The van der Waals surface area contributed by atoms with Crippen LogP contribution in [0.2, 0.25) is 15.2 Å². The fourth-order valence-electron chi connectivity index (χ4n) is 1.59. The molecule has 0 fully saturated rings. The van der Waals surface area contributed by atoms with Gasteiger partial charge in [-0.15, -0.1) is 0 Å². The molecule has 2 rings (SSSR count). The molecule has 0 aliphatic heterocycles. The number of rotatable bonds is 3. The quantitative estimate of drug-likeness (QED) is 0.816. The number of nitrogens with zero attached hydrogens (tertiary/aromatic N) is 2. The lowest BCUT2D eigenvalue weighted by molar-refractivity contribution is 0.401. The van der Waals surface area contributed by atoms with Gasteiger partial charge in [0.1, 0.15) is 0 Å². The average Bonchev–Trinajstić information content (AvgIpc) is 2.39. The Morgan fingerprint density at radius 2 is 2.05 bits per heavy atom. The van der Waals surface area contributed by atoms with E-state index in [-0.39, 0.29) is 23.0 Å². The summed E-state index contributed by atoms with van der Waals surface area (Å²) in [4.78, 5) is 15.9. The Kier molecular flexibility index (Phi) is 4.34. The van der Waals surface area contributed by atoms with Gasteiger partial charge in [-0.2, -0.15) is 0 Å². The summed E-state index contributed by atoms with van der Waals surface area (Å²) in [7, 11) is 1.36. The Labute approximate surface area is 124 Å². The second kappa shape index (κ2) is 5.82. The molecular formula is C12H9Cl3N2O2. The van der Waals surface area contributed by atoms with E-state index in [1.807, 2.05) is 0 Å². The molecule has 4 nitrogen and oxygen atoms in total. The summed E-state index contributed by atoms with van der Waals surface area (Å²) in [5, 5.41) is 0.868. The first kappa shape index (κ1) is 14.2. The maximum absolute atomic E-state index is 12.1. The van der Waals surface area contributed by atoms with Gasteiger partial charge in [-0.25, -0.2) is 4.98 Å². The predicted molar refractivity (Wildman–Crippen MR) is 75.6 cm³/mol. The number of benzene rings is 1. The number of halogens is 3. The first-order valence-corrected chi connectivity index (χ1v) is 6.39. The lowest BCUT2D eigenvalue weighted by Gasteiger charge is -2.10. The van der Waals surface area contributed by atoms with E-state index in [2.05, 4.69) is 4.98 Å². The van der Waals surface area contributed by atoms with Crippen LogP contribution < -0.4 is 10.3 Å². The van der Waals surface area contributed by atoms with Crippen molar-refractivity contribution in [1.29, 1.82) is 0 Å². The van der Waals surface area contributed by atoms with Crippen molar-refractivity contribution in [3.8, 4) is 5.75 Å². The largest absolute Gasteiger partial charge is 0.489 e. The molecule has 0 aliphatic carbocycles. The minimum absolute atomic E-state index is 0.00215. The summed E-state index contributed by atoms with van der Waals surface area (Å²) in [6.07, 6.45) is 1.34. The average molecular weight is 320 g/mol. The minimum Gasteiger partial charge on any atom is -0.489 e. The molecule has 19 heavy (non-hydrogen) atoms. The zero-order valence-corrected chi connectivity index (χ0v) is 12.1. The highest BCUT2D eigenvalue weighted by atomic mass is 35.5. The minimum atomic E-state index is -0.376. The molecule has 1 aromatic heterocycles. The molecule has 0 spiro atoms. The van der Waals surface area contributed by atoms with Gasteiger partial charge >= 0.3 is 0 Å². The fraction of sp³-hybridized carbons (Fsp3) is 0.167. The Bertz CT molecular complexity index is 671. The summed E-state index contributed by atoms with van der Waals surface area (Å²) in [5.41, 5.74) is 0.334. The topological polar surface area (TPSA) is 44.1 Å². The van der Waals surface area contributed by atoms with Crippen molar-refractivity contribution in [3.05, 3.63) is 55.6 Å². The molecule has 0 saturated heterocycles. The number of hydrogen-bond acceptors (Lipinski definition) is 3. The van der Waals surface area contributed by atoms with E-state index in [0.29, 0.717) is 15.6 Å². The Balaban J connectivity index is 2.45. The van der Waals surface area contributed by atoms with Crippen molar-refractivity contribution in [3.63, 3.8) is 0 Å². The number of ether oxygens (including phenoxy) is 1. The zero-order chi connectivity index (χ0) is 14.0. The second-order valence-corrected chi connectivity index (χ2v) is 4.86. The van der Waals surface area contributed by atoms with Gasteiger partial charge in [-0.05, 0) is 11.6 Å². The summed E-state index contributed by atoms with van der Waals surface area (Å²) in [5.74, 6) is 0.00215. The molecule has 7 heteroatoms. The van der Waals surface area contributed by atoms with E-state index in [4.69, 9.17) is 39.5 Å². The first-order chi connectivity index (χ1) is 9.04. The van der Waals surface area contributed by atoms with Crippen molar-refractivity contribution < 1.29 is 4.74 Å². The van der Waals surface area contributed by atoms with Crippen LogP contribution in [0.3, 0.4) is 0 Å². The second-order valence-electron chi connectivity index (χ2n) is 3.71. The zero-order valence-electron chi connectivity index (χ0n) is 9.86. The summed E-state index contributed by atoms with van der Waals surface area (Å²) >= 11 is 17.8. The molecule has 0 radical (unpaired) electrons. The number of hydrogen-bond donors (Lipinski definition) is 0. The Morgan fingerprint density at radius 1 is 1.32 bits per heavy atom. The van der Waals surface area contributed by atoms with Crippen molar-refractivity contribution in [2.24, 2.45) is 0 Å². The van der Waals surface area contributed by atoms with Crippen molar-refractivity contribution >= 4 is 34.8 Å². The maximum atomic E-state index is 12.1. The van der Waals surface area contributed by atoms with E-state index < -0.39 is 0 Å². The van der Waals surface area contributed by atoms with Crippen molar-refractivity contribution in [1.82, 2.24) is 9.55 Å². The van der Waals surface area contributed by atoms with Crippen molar-refractivity contribution in [2.45, 2.75) is 6.54 Å². The number of aromatic nitrogens is 2. The van der Waals surface area contributed by atoms with Gasteiger partial charge in [0.25, 0.3) is 5.56 Å². The van der Waals surface area contributed by atoms with Crippen LogP contribution >= 0.6 is 34.8 Å². The highest BCUT2D eigenvalue weighted by Crippen LogP contribution is 2.26. The highest BCUT2D eigenvalue weighted by Gasteiger charge is 2.12. The lowest BCUT2D eigenvalue weighted by atomic mass is 10.2. The lowest BCUT2D eigenvalue weighted by Crippen LogP contribution is -2.22. The molecule has 0 N–H and O–H groups in total. The Hall–Kier alpha value is -1.23. The monoisotopic (exact) mass is 318 g/mol. The molecule has 1 heterocycles. The van der Waals surface area contributed by atoms with Gasteiger partial charge < -0.3 is 4.74 Å². The van der Waals surface area contributed by atoms with Crippen LogP contribution in [0, 0.1) is 0 Å². The molecule has 0 aliphatic rings. The summed E-state index contributed by atoms with van der Waals surface area (Å²) < 4.78 is 6.27. The van der Waals surface area contributed by atoms with Crippen LogP contribution in [-0.2, 0) is 6.54 Å². The molecule has 0 amide bonds. The van der Waals surface area contributed by atoms with Crippen LogP contribution in [0.15, 0.2) is 29.3 Å². The fourth-order valence-corrected chi connectivity index (χ4v) is 2.17. The van der Waals surface area contributed by atoms with Crippen LogP contribution in [-0.4, -0.2) is 16.7 Å². The van der Waals surface area contributed by atoms with E-state index in [1.165, 1.54) is 18.0 Å². The van der Waals surface area contributed by atoms with Gasteiger partial charge in [-0.1, -0.05) is 46.9 Å². The van der Waals surface area contributed by atoms with Crippen molar-refractivity contribution in [2.75, 3.05) is 7.11 Å². The molecule has 0 unspecified atom stereocenters. The van der Waals surface area contributed by atoms with Gasteiger partial charge in [-0.3, -0.25) is 9.36 Å². The molecule has 1 aromatic carbocycles. The first-order valence-electron chi connectivity index (χ1n) is 5.26. The SMILES string of the molecule is COc1c(Cl)ncn(Cc2cccc(Cl)c2Cl)c1=O. The predicted octanol–water partition coefficient (Wildman–Crippen LogP) is 3.26. The molecule has 0 bridgehead atoms. The van der Waals surface area contributed by atoms with Crippen LogP contribution in [0.4, 0.5) is 0 Å². The van der Waals surface area contributed by atoms with E-state index in [0.717, 1.165) is 0 Å². The highest BCUT2D eigenvalue weighted by molar-refractivity contribution is 6.42. The maximum Gasteiger partial charge on any atom is 0.297 e. The number of methoxy groups -OCH3 is 1. The normalized spacial score (nSPS) is 10.5. The molecule has 0 saturated carbocycles. The van der Waals surface area contributed by atoms with Crippen LogP contribution in [0.5, 0.6) is 5.75 Å². The Morgan fingerprint density at radius 3 is 2.74 bits per heavy atom. The van der Waals surface area contributed by atoms with Crippen LogP contribution in [0.1, 0.15) is 5.56 Å². The van der Waals surface area contributed by atoms with Gasteiger partial charge in [0.05, 0.1) is 30.0 Å². The summed E-state index contributed by atoms with van der Waals surface area (Å²) in [6.45, 7) is 0.235. The van der Waals surface area contributed by atoms with E-state index in [9.17, 15) is 4.79 Å². The third-order valence-electron chi connectivity index (χ3n) is 2.53. The summed E-state index contributed by atoms with van der Waals surface area (Å²) in [6, 6.07) is 5.22. The van der Waals surface area contributed by atoms with Crippen LogP contribution in [0.25, 0.3) is 0 Å². The third-order valence-corrected chi connectivity index (χ3v) is 3.66. The standard InChI is InChI=1S/C12H9Cl3N2O2/c1-19-10-11(15)16-6-17(12(10)18)5-7-3-2-4-8(13)9(7)14/h2-4,6H,5H2,1H3. The molecule has 100 valence electrons. The van der Waals surface area contributed by atoms with E-state index >= 15 is 0 Å².